The predicted octanol–water partition coefficient (Wildman–Crippen LogP) is 2.40. The van der Waals surface area contributed by atoms with Crippen molar-refractivity contribution < 1.29 is 27.9 Å². The minimum absolute atomic E-state index is 0.110. The second-order valence-corrected chi connectivity index (χ2v) is 5.39. The van der Waals surface area contributed by atoms with Crippen molar-refractivity contribution in [2.75, 3.05) is 11.9 Å². The van der Waals surface area contributed by atoms with Crippen molar-refractivity contribution in [3.63, 3.8) is 0 Å². The lowest BCUT2D eigenvalue weighted by Gasteiger charge is -2.14. The summed E-state index contributed by atoms with van der Waals surface area (Å²) in [6.45, 7) is 1.71. The lowest BCUT2D eigenvalue weighted by atomic mass is 10.1. The molecular formula is C16H21F3N2O3. The fraction of sp³-hybridized carbons (Fsp3) is 0.500. The van der Waals surface area contributed by atoms with Crippen LogP contribution in [0.15, 0.2) is 24.3 Å². The van der Waals surface area contributed by atoms with E-state index < -0.39 is 24.9 Å². The van der Waals surface area contributed by atoms with Gasteiger partial charge in [0.1, 0.15) is 0 Å². The molecule has 1 rings (SSSR count). The minimum atomic E-state index is -4.36. The van der Waals surface area contributed by atoms with Crippen LogP contribution in [0.2, 0.25) is 0 Å². The van der Waals surface area contributed by atoms with Gasteiger partial charge >= 0.3 is 6.18 Å². The lowest BCUT2D eigenvalue weighted by molar-refractivity contribution is -0.142. The third kappa shape index (κ3) is 7.96. The van der Waals surface area contributed by atoms with E-state index in [1.165, 1.54) is 12.1 Å². The Labute approximate surface area is 138 Å². The Hall–Kier alpha value is -2.09. The summed E-state index contributed by atoms with van der Waals surface area (Å²) in [5.74, 6) is -0.954. The normalized spacial score (nSPS) is 12.5. The second kappa shape index (κ2) is 9.27. The van der Waals surface area contributed by atoms with Crippen molar-refractivity contribution in [1.82, 2.24) is 5.32 Å². The number of aliphatic hydroxyl groups is 1. The molecule has 0 aromatic heterocycles. The fourth-order valence-electron chi connectivity index (χ4n) is 1.93. The zero-order valence-corrected chi connectivity index (χ0v) is 13.3. The molecule has 0 aliphatic heterocycles. The molecule has 1 aromatic rings. The molecule has 1 atom stereocenters. The van der Waals surface area contributed by atoms with Crippen molar-refractivity contribution in [3.05, 3.63) is 29.8 Å². The summed E-state index contributed by atoms with van der Waals surface area (Å²) in [5, 5.41) is 14.1. The van der Waals surface area contributed by atoms with Crippen LogP contribution in [-0.4, -0.2) is 35.7 Å². The van der Waals surface area contributed by atoms with Crippen LogP contribution in [-0.2, 0) is 16.0 Å². The first kappa shape index (κ1) is 20.0. The Bertz CT molecular complexity index is 540. The molecule has 0 aliphatic rings. The minimum Gasteiger partial charge on any atom is -0.394 e. The molecule has 134 valence electrons. The summed E-state index contributed by atoms with van der Waals surface area (Å²) in [5.41, 5.74) is 1.06. The standard InChI is InChI=1S/C16H21F3N2O3/c1-2-12(10-22)20-15(24)9-11-3-5-13(6-4-11)21-14(23)7-8-16(17,18)19/h3-6,12,22H,2,7-10H2,1H3,(H,20,24)(H,21,23). The van der Waals surface area contributed by atoms with E-state index in [1.807, 2.05) is 6.92 Å². The zero-order chi connectivity index (χ0) is 18.2. The Morgan fingerprint density at radius 3 is 2.29 bits per heavy atom. The number of rotatable bonds is 8. The molecule has 2 amide bonds. The quantitative estimate of drug-likeness (QED) is 0.676. The number of alkyl halides is 3. The van der Waals surface area contributed by atoms with Gasteiger partial charge in [-0.3, -0.25) is 9.59 Å². The summed E-state index contributed by atoms with van der Waals surface area (Å²) >= 11 is 0. The third-order valence-corrected chi connectivity index (χ3v) is 3.32. The molecule has 0 fully saturated rings. The highest BCUT2D eigenvalue weighted by atomic mass is 19.4. The van der Waals surface area contributed by atoms with E-state index in [4.69, 9.17) is 5.11 Å². The number of halogens is 3. The first-order valence-corrected chi connectivity index (χ1v) is 7.59. The molecule has 0 saturated heterocycles. The molecular weight excluding hydrogens is 325 g/mol. The maximum Gasteiger partial charge on any atom is 0.389 e. The van der Waals surface area contributed by atoms with Gasteiger partial charge in [-0.2, -0.15) is 13.2 Å². The van der Waals surface area contributed by atoms with Crippen LogP contribution in [0.1, 0.15) is 31.7 Å². The topological polar surface area (TPSA) is 78.4 Å². The Morgan fingerprint density at radius 1 is 1.17 bits per heavy atom. The van der Waals surface area contributed by atoms with Gasteiger partial charge in [0.2, 0.25) is 11.8 Å². The Morgan fingerprint density at radius 2 is 1.79 bits per heavy atom. The first-order chi connectivity index (χ1) is 11.2. The highest BCUT2D eigenvalue weighted by Crippen LogP contribution is 2.21. The van der Waals surface area contributed by atoms with Gasteiger partial charge in [-0.1, -0.05) is 19.1 Å². The zero-order valence-electron chi connectivity index (χ0n) is 13.3. The lowest BCUT2D eigenvalue weighted by Crippen LogP contribution is -2.37. The summed E-state index contributed by atoms with van der Waals surface area (Å²) in [6, 6.07) is 5.98. The maximum absolute atomic E-state index is 12.0. The van der Waals surface area contributed by atoms with E-state index in [2.05, 4.69) is 10.6 Å². The van der Waals surface area contributed by atoms with Crippen molar-refractivity contribution in [1.29, 1.82) is 0 Å². The maximum atomic E-state index is 12.0. The van der Waals surface area contributed by atoms with Crippen LogP contribution in [0.5, 0.6) is 0 Å². The van der Waals surface area contributed by atoms with Crippen LogP contribution >= 0.6 is 0 Å². The van der Waals surface area contributed by atoms with E-state index in [0.29, 0.717) is 17.7 Å². The molecule has 0 radical (unpaired) electrons. The highest BCUT2D eigenvalue weighted by Gasteiger charge is 2.27. The van der Waals surface area contributed by atoms with Crippen molar-refractivity contribution >= 4 is 17.5 Å². The van der Waals surface area contributed by atoms with E-state index in [9.17, 15) is 22.8 Å². The molecule has 0 aliphatic carbocycles. The molecule has 1 unspecified atom stereocenters. The molecule has 3 N–H and O–H groups in total. The summed E-state index contributed by atoms with van der Waals surface area (Å²) < 4.78 is 36.1. The van der Waals surface area contributed by atoms with E-state index >= 15 is 0 Å². The van der Waals surface area contributed by atoms with Crippen molar-refractivity contribution in [2.24, 2.45) is 0 Å². The summed E-state index contributed by atoms with van der Waals surface area (Å²) in [6.07, 6.45) is -5.43. The monoisotopic (exact) mass is 346 g/mol. The number of carbonyl (C=O) groups is 2. The van der Waals surface area contributed by atoms with E-state index in [1.54, 1.807) is 12.1 Å². The number of anilines is 1. The molecule has 0 saturated carbocycles. The number of amides is 2. The van der Waals surface area contributed by atoms with E-state index in [-0.39, 0.29) is 25.0 Å². The van der Waals surface area contributed by atoms with Gasteiger partial charge in [0.25, 0.3) is 0 Å². The molecule has 0 heterocycles. The van der Waals surface area contributed by atoms with Crippen molar-refractivity contribution in [2.45, 2.75) is 44.8 Å². The van der Waals surface area contributed by atoms with Gasteiger partial charge in [-0.05, 0) is 24.1 Å². The van der Waals surface area contributed by atoms with Crippen LogP contribution < -0.4 is 10.6 Å². The third-order valence-electron chi connectivity index (χ3n) is 3.32. The highest BCUT2D eigenvalue weighted by molar-refractivity contribution is 5.90. The largest absolute Gasteiger partial charge is 0.394 e. The van der Waals surface area contributed by atoms with Crippen LogP contribution in [0, 0.1) is 0 Å². The van der Waals surface area contributed by atoms with Crippen LogP contribution in [0.3, 0.4) is 0 Å². The number of benzene rings is 1. The van der Waals surface area contributed by atoms with Gasteiger partial charge in [0.05, 0.1) is 25.5 Å². The van der Waals surface area contributed by atoms with Crippen molar-refractivity contribution in [3.8, 4) is 0 Å². The fourth-order valence-corrected chi connectivity index (χ4v) is 1.93. The average molecular weight is 346 g/mol. The molecule has 24 heavy (non-hydrogen) atoms. The Balaban J connectivity index is 2.48. The van der Waals surface area contributed by atoms with Crippen LogP contribution in [0.4, 0.5) is 18.9 Å². The number of hydrogen-bond acceptors (Lipinski definition) is 3. The molecule has 0 spiro atoms. The van der Waals surface area contributed by atoms with Gasteiger partial charge in [-0.25, -0.2) is 0 Å². The molecule has 5 nitrogen and oxygen atoms in total. The summed E-state index contributed by atoms with van der Waals surface area (Å²) in [4.78, 5) is 23.2. The smallest absolute Gasteiger partial charge is 0.389 e. The number of carbonyl (C=O) groups excluding carboxylic acids is 2. The Kier molecular flexibility index (Phi) is 7.70. The SMILES string of the molecule is CCC(CO)NC(=O)Cc1ccc(NC(=O)CCC(F)(F)F)cc1. The molecule has 1 aromatic carbocycles. The number of aliphatic hydroxyl groups excluding tert-OH is 1. The number of hydrogen-bond donors (Lipinski definition) is 3. The van der Waals surface area contributed by atoms with Crippen LogP contribution in [0.25, 0.3) is 0 Å². The molecule has 0 bridgehead atoms. The van der Waals surface area contributed by atoms with Gasteiger partial charge < -0.3 is 15.7 Å². The predicted molar refractivity (Wildman–Crippen MR) is 83.4 cm³/mol. The van der Waals surface area contributed by atoms with Gasteiger partial charge in [0, 0.05) is 12.1 Å². The van der Waals surface area contributed by atoms with E-state index in [0.717, 1.165) is 0 Å². The molecule has 8 heteroatoms. The van der Waals surface area contributed by atoms with Gasteiger partial charge in [0.15, 0.2) is 0 Å². The number of nitrogens with one attached hydrogen (secondary N) is 2. The first-order valence-electron chi connectivity index (χ1n) is 7.59. The second-order valence-electron chi connectivity index (χ2n) is 5.39. The summed E-state index contributed by atoms with van der Waals surface area (Å²) in [7, 11) is 0. The van der Waals surface area contributed by atoms with Gasteiger partial charge in [-0.15, -0.1) is 0 Å². The average Bonchev–Trinajstić information content (AvgIpc) is 2.52.